The van der Waals surface area contributed by atoms with Crippen molar-refractivity contribution in [2.24, 2.45) is 0 Å². The van der Waals surface area contributed by atoms with Crippen LogP contribution < -0.4 is 10.6 Å². The lowest BCUT2D eigenvalue weighted by atomic mass is 10.1. The number of nitrogens with zero attached hydrogens (tertiary/aromatic N) is 3. The molecule has 9 heteroatoms. The van der Waals surface area contributed by atoms with Crippen LogP contribution in [-0.4, -0.2) is 38.0 Å². The van der Waals surface area contributed by atoms with Crippen LogP contribution in [0.2, 0.25) is 5.02 Å². The van der Waals surface area contributed by atoms with Gasteiger partial charge >= 0.3 is 5.97 Å². The molecule has 156 valence electrons. The summed E-state index contributed by atoms with van der Waals surface area (Å²) in [5.41, 5.74) is 3.76. The Morgan fingerprint density at radius 2 is 1.83 bits per heavy atom. The Balaban J connectivity index is 1.68. The quantitative estimate of drug-likeness (QED) is 0.531. The van der Waals surface area contributed by atoms with Crippen molar-refractivity contribution in [1.82, 2.24) is 20.3 Å². The number of nitrogens with one attached hydrogen (secondary N) is 2. The second kappa shape index (κ2) is 8.96. The number of rotatable bonds is 7. The number of aryl methyl sites for hydroxylation is 1. The van der Waals surface area contributed by atoms with Gasteiger partial charge in [0.15, 0.2) is 0 Å². The zero-order valence-corrected chi connectivity index (χ0v) is 17.5. The first-order chi connectivity index (χ1) is 14.2. The average molecular weight is 428 g/mol. The molecule has 0 fully saturated rings. The van der Waals surface area contributed by atoms with Crippen LogP contribution in [0.25, 0.3) is 5.69 Å². The first-order valence-corrected chi connectivity index (χ1v) is 9.71. The molecule has 0 radical (unpaired) electrons. The van der Waals surface area contributed by atoms with E-state index in [2.05, 4.69) is 20.9 Å². The number of hydrogen-bond acceptors (Lipinski definition) is 5. The molecule has 3 rings (SSSR count). The van der Waals surface area contributed by atoms with Gasteiger partial charge in [-0.25, -0.2) is 4.68 Å². The molecule has 0 aliphatic heterocycles. The summed E-state index contributed by atoms with van der Waals surface area (Å²) in [5, 5.41) is 23.8. The predicted octanol–water partition coefficient (Wildman–Crippen LogP) is 3.61. The lowest BCUT2D eigenvalue weighted by molar-refractivity contribution is -0.138. The zero-order valence-electron chi connectivity index (χ0n) is 16.8. The fourth-order valence-electron chi connectivity index (χ4n) is 2.77. The Kier molecular flexibility index (Phi) is 6.37. The molecular formula is C21H22ClN5O3. The van der Waals surface area contributed by atoms with Crippen molar-refractivity contribution in [1.29, 1.82) is 0 Å². The molecular weight excluding hydrogens is 406 g/mol. The van der Waals surface area contributed by atoms with Gasteiger partial charge in [-0.3, -0.25) is 9.59 Å². The van der Waals surface area contributed by atoms with Crippen molar-refractivity contribution in [3.8, 4) is 5.69 Å². The minimum absolute atomic E-state index is 0.0816. The minimum atomic E-state index is -1.09. The van der Waals surface area contributed by atoms with E-state index in [9.17, 15) is 9.59 Å². The molecule has 2 aromatic carbocycles. The molecule has 1 aromatic heterocycles. The largest absolute Gasteiger partial charge is 0.480 e. The second-order valence-electron chi connectivity index (χ2n) is 7.00. The molecule has 0 aliphatic carbocycles. The van der Waals surface area contributed by atoms with Crippen LogP contribution in [0.1, 0.15) is 41.5 Å². The summed E-state index contributed by atoms with van der Waals surface area (Å²) >= 11 is 6.07. The summed E-state index contributed by atoms with van der Waals surface area (Å²) in [5.74, 6) is -1.54. The van der Waals surface area contributed by atoms with E-state index in [4.69, 9.17) is 16.7 Å². The summed E-state index contributed by atoms with van der Waals surface area (Å²) in [6.45, 7) is 5.34. The number of carboxylic acid groups (broad SMARTS) is 1. The number of halogens is 1. The fraction of sp³-hybridized carbons (Fsp3) is 0.238. The van der Waals surface area contributed by atoms with E-state index in [0.29, 0.717) is 10.6 Å². The number of carbonyl (C=O) groups is 2. The summed E-state index contributed by atoms with van der Waals surface area (Å²) in [6, 6.07) is 11.3. The average Bonchev–Trinajstić information content (AvgIpc) is 3.21. The SMILES string of the molecule is Cc1cc(NC(C)c2cn(-c3ccc(C(=O)N[C@@H](C)C(=O)O)cc3)nn2)ccc1Cl. The number of anilines is 1. The van der Waals surface area contributed by atoms with Gasteiger partial charge in [0.25, 0.3) is 5.91 Å². The van der Waals surface area contributed by atoms with E-state index in [1.54, 1.807) is 28.9 Å². The van der Waals surface area contributed by atoms with Gasteiger partial charge in [0.1, 0.15) is 11.7 Å². The smallest absolute Gasteiger partial charge is 0.325 e. The van der Waals surface area contributed by atoms with E-state index in [-0.39, 0.29) is 6.04 Å². The second-order valence-corrected chi connectivity index (χ2v) is 7.41. The highest BCUT2D eigenvalue weighted by Gasteiger charge is 2.16. The van der Waals surface area contributed by atoms with E-state index < -0.39 is 17.9 Å². The Morgan fingerprint density at radius 3 is 2.47 bits per heavy atom. The Labute approximate surface area is 178 Å². The Bertz CT molecular complexity index is 1060. The van der Waals surface area contributed by atoms with Crippen molar-refractivity contribution in [3.63, 3.8) is 0 Å². The summed E-state index contributed by atoms with van der Waals surface area (Å²) in [6.07, 6.45) is 1.81. The van der Waals surface area contributed by atoms with E-state index >= 15 is 0 Å². The molecule has 2 atom stereocenters. The standard InChI is InChI=1S/C21H22ClN5O3/c1-12-10-16(6-9-18(12)22)23-13(2)19-11-27(26-25-19)17-7-4-15(5-8-17)20(28)24-14(3)21(29)30/h4-11,13-14,23H,1-3H3,(H,24,28)(H,29,30)/t13?,14-/m0/s1. The van der Waals surface area contributed by atoms with Crippen LogP contribution in [0.3, 0.4) is 0 Å². The number of benzene rings is 2. The van der Waals surface area contributed by atoms with Gasteiger partial charge in [-0.1, -0.05) is 16.8 Å². The van der Waals surface area contributed by atoms with Crippen LogP contribution in [0.5, 0.6) is 0 Å². The normalized spacial score (nSPS) is 12.8. The molecule has 3 aromatic rings. The summed E-state index contributed by atoms with van der Waals surface area (Å²) in [4.78, 5) is 23.0. The van der Waals surface area contributed by atoms with Crippen LogP contribution in [0.15, 0.2) is 48.7 Å². The fourth-order valence-corrected chi connectivity index (χ4v) is 2.88. The number of aromatic nitrogens is 3. The van der Waals surface area contributed by atoms with Crippen molar-refractivity contribution in [2.75, 3.05) is 5.32 Å². The third-order valence-electron chi connectivity index (χ3n) is 4.61. The predicted molar refractivity (Wildman–Crippen MR) is 114 cm³/mol. The molecule has 3 N–H and O–H groups in total. The highest BCUT2D eigenvalue weighted by atomic mass is 35.5. The van der Waals surface area contributed by atoms with Crippen LogP contribution in [0, 0.1) is 6.92 Å². The lowest BCUT2D eigenvalue weighted by Gasteiger charge is -2.13. The monoisotopic (exact) mass is 427 g/mol. The van der Waals surface area contributed by atoms with Gasteiger partial charge in [0.05, 0.1) is 17.9 Å². The maximum Gasteiger partial charge on any atom is 0.325 e. The minimum Gasteiger partial charge on any atom is -0.480 e. The molecule has 0 bridgehead atoms. The number of hydrogen-bond donors (Lipinski definition) is 3. The number of carbonyl (C=O) groups excluding carboxylic acids is 1. The molecule has 1 amide bonds. The van der Waals surface area contributed by atoms with Crippen molar-refractivity contribution in [2.45, 2.75) is 32.9 Å². The van der Waals surface area contributed by atoms with Gasteiger partial charge < -0.3 is 15.7 Å². The molecule has 1 unspecified atom stereocenters. The number of carboxylic acids is 1. The zero-order chi connectivity index (χ0) is 21.8. The van der Waals surface area contributed by atoms with E-state index in [1.165, 1.54) is 6.92 Å². The molecule has 0 saturated carbocycles. The topological polar surface area (TPSA) is 109 Å². The van der Waals surface area contributed by atoms with Gasteiger partial charge in [-0.2, -0.15) is 0 Å². The van der Waals surface area contributed by atoms with Gasteiger partial charge in [0, 0.05) is 16.3 Å². The highest BCUT2D eigenvalue weighted by Crippen LogP contribution is 2.23. The highest BCUT2D eigenvalue weighted by molar-refractivity contribution is 6.31. The summed E-state index contributed by atoms with van der Waals surface area (Å²) in [7, 11) is 0. The Hall–Kier alpha value is -3.39. The first-order valence-electron chi connectivity index (χ1n) is 9.33. The van der Waals surface area contributed by atoms with Crippen molar-refractivity contribution >= 4 is 29.2 Å². The maximum absolute atomic E-state index is 12.1. The number of amides is 1. The maximum atomic E-state index is 12.1. The number of aliphatic carboxylic acids is 1. The van der Waals surface area contributed by atoms with E-state index in [1.807, 2.05) is 38.2 Å². The van der Waals surface area contributed by atoms with E-state index in [0.717, 1.165) is 22.6 Å². The van der Waals surface area contributed by atoms with Crippen molar-refractivity contribution < 1.29 is 14.7 Å². The molecule has 30 heavy (non-hydrogen) atoms. The van der Waals surface area contributed by atoms with Crippen molar-refractivity contribution in [3.05, 3.63) is 70.5 Å². The van der Waals surface area contributed by atoms with Gasteiger partial charge in [0.2, 0.25) is 0 Å². The molecule has 1 heterocycles. The van der Waals surface area contributed by atoms with Gasteiger partial charge in [-0.15, -0.1) is 5.10 Å². The lowest BCUT2D eigenvalue weighted by Crippen LogP contribution is -2.38. The molecule has 0 spiro atoms. The van der Waals surface area contributed by atoms with Crippen LogP contribution in [0.4, 0.5) is 5.69 Å². The van der Waals surface area contributed by atoms with Crippen LogP contribution >= 0.6 is 11.6 Å². The van der Waals surface area contributed by atoms with Crippen LogP contribution in [-0.2, 0) is 4.79 Å². The third-order valence-corrected chi connectivity index (χ3v) is 5.03. The molecule has 0 aliphatic rings. The molecule has 8 nitrogen and oxygen atoms in total. The first kappa shape index (κ1) is 21.3. The third kappa shape index (κ3) is 4.96. The summed E-state index contributed by atoms with van der Waals surface area (Å²) < 4.78 is 1.61. The Morgan fingerprint density at radius 1 is 1.13 bits per heavy atom. The van der Waals surface area contributed by atoms with Gasteiger partial charge in [-0.05, 0) is 68.8 Å². The molecule has 0 saturated heterocycles.